The summed E-state index contributed by atoms with van der Waals surface area (Å²) in [6, 6.07) is 16.6. The Labute approximate surface area is 193 Å². The molecule has 0 spiro atoms. The normalized spacial score (nSPS) is 17.5. The minimum atomic E-state index is -1.04. The lowest BCUT2D eigenvalue weighted by atomic mass is 10.0. The third kappa shape index (κ3) is 3.88. The zero-order valence-electron chi connectivity index (χ0n) is 17.9. The van der Waals surface area contributed by atoms with E-state index in [0.717, 1.165) is 15.7 Å². The second-order valence-corrected chi connectivity index (χ2v) is 8.05. The molecule has 0 saturated carbocycles. The van der Waals surface area contributed by atoms with Gasteiger partial charge in [0.05, 0.1) is 11.1 Å². The van der Waals surface area contributed by atoms with E-state index in [-0.39, 0.29) is 42.2 Å². The number of benzene rings is 3. The van der Waals surface area contributed by atoms with Crippen molar-refractivity contribution in [3.8, 4) is 5.75 Å². The summed E-state index contributed by atoms with van der Waals surface area (Å²) in [5.74, 6) is -2.50. The molecule has 3 aromatic rings. The Morgan fingerprint density at radius 2 is 1.71 bits per heavy atom. The van der Waals surface area contributed by atoms with Crippen molar-refractivity contribution in [2.75, 3.05) is 11.9 Å². The second-order valence-electron chi connectivity index (χ2n) is 8.05. The standard InChI is InChI=1S/C25H19N3O6/c29-21-10-9-20(23(31)27-21)28-24(32)18-8-7-17(12-19(18)25(28)33)34-13-22(30)26-16-6-5-14-3-1-2-4-15(14)11-16/h1-8,11-12,20H,9-10,13H2,(H,26,30)(H,27,29,31). The average molecular weight is 457 g/mol. The maximum Gasteiger partial charge on any atom is 0.262 e. The summed E-state index contributed by atoms with van der Waals surface area (Å²) in [5, 5.41) is 6.97. The summed E-state index contributed by atoms with van der Waals surface area (Å²) in [5.41, 5.74) is 0.853. The molecule has 5 amide bonds. The number of fused-ring (bicyclic) bond motifs is 2. The van der Waals surface area contributed by atoms with Crippen LogP contribution in [-0.4, -0.2) is 47.1 Å². The lowest BCUT2D eigenvalue weighted by Crippen LogP contribution is -2.54. The number of rotatable bonds is 5. The predicted molar refractivity (Wildman–Crippen MR) is 121 cm³/mol. The predicted octanol–water partition coefficient (Wildman–Crippen LogP) is 2.26. The number of anilines is 1. The van der Waals surface area contributed by atoms with Gasteiger partial charge in [-0.3, -0.25) is 34.2 Å². The SMILES string of the molecule is O=C1CCC(N2C(=O)c3ccc(OCC(=O)Nc4ccc5ccccc5c4)cc3C2=O)C(=O)N1. The zero-order valence-corrected chi connectivity index (χ0v) is 17.9. The lowest BCUT2D eigenvalue weighted by Gasteiger charge is -2.27. The fourth-order valence-corrected chi connectivity index (χ4v) is 4.15. The van der Waals surface area contributed by atoms with Crippen LogP contribution >= 0.6 is 0 Å². The summed E-state index contributed by atoms with van der Waals surface area (Å²) in [7, 11) is 0. The minimum absolute atomic E-state index is 0.0461. The van der Waals surface area contributed by atoms with Crippen molar-refractivity contribution in [2.45, 2.75) is 18.9 Å². The summed E-state index contributed by atoms with van der Waals surface area (Å²) >= 11 is 0. The van der Waals surface area contributed by atoms with Crippen LogP contribution in [0.4, 0.5) is 5.69 Å². The van der Waals surface area contributed by atoms with E-state index in [1.165, 1.54) is 18.2 Å². The maximum absolute atomic E-state index is 12.9. The quantitative estimate of drug-likeness (QED) is 0.567. The van der Waals surface area contributed by atoms with Crippen LogP contribution in [0.2, 0.25) is 0 Å². The molecule has 2 heterocycles. The number of ether oxygens (including phenoxy) is 1. The van der Waals surface area contributed by atoms with E-state index in [1.54, 1.807) is 6.07 Å². The molecule has 170 valence electrons. The molecule has 1 atom stereocenters. The van der Waals surface area contributed by atoms with Gasteiger partial charge in [-0.2, -0.15) is 0 Å². The third-order valence-corrected chi connectivity index (χ3v) is 5.81. The van der Waals surface area contributed by atoms with Gasteiger partial charge in [0.15, 0.2) is 6.61 Å². The molecule has 0 aromatic heterocycles. The lowest BCUT2D eigenvalue weighted by molar-refractivity contribution is -0.136. The van der Waals surface area contributed by atoms with E-state index in [4.69, 9.17) is 4.74 Å². The Hall–Kier alpha value is -4.53. The van der Waals surface area contributed by atoms with Crippen molar-refractivity contribution in [1.82, 2.24) is 10.2 Å². The highest BCUT2D eigenvalue weighted by molar-refractivity contribution is 6.23. The van der Waals surface area contributed by atoms with E-state index >= 15 is 0 Å². The molecule has 9 nitrogen and oxygen atoms in total. The highest BCUT2D eigenvalue weighted by Gasteiger charge is 2.44. The fourth-order valence-electron chi connectivity index (χ4n) is 4.15. The maximum atomic E-state index is 12.9. The number of piperidine rings is 1. The van der Waals surface area contributed by atoms with Crippen molar-refractivity contribution in [3.63, 3.8) is 0 Å². The molecule has 0 radical (unpaired) electrons. The number of carbonyl (C=O) groups is 5. The summed E-state index contributed by atoms with van der Waals surface area (Å²) in [6.45, 7) is -0.301. The third-order valence-electron chi connectivity index (χ3n) is 5.81. The van der Waals surface area contributed by atoms with Gasteiger partial charge in [0.25, 0.3) is 17.7 Å². The summed E-state index contributed by atoms with van der Waals surface area (Å²) in [6.07, 6.45) is 0.124. The molecule has 2 aliphatic rings. The van der Waals surface area contributed by atoms with Crippen LogP contribution < -0.4 is 15.4 Å². The summed E-state index contributed by atoms with van der Waals surface area (Å²) < 4.78 is 5.53. The Morgan fingerprint density at radius 1 is 0.941 bits per heavy atom. The average Bonchev–Trinajstić information content (AvgIpc) is 3.07. The topological polar surface area (TPSA) is 122 Å². The van der Waals surface area contributed by atoms with Gasteiger partial charge in [0.2, 0.25) is 11.8 Å². The number of amides is 5. The molecule has 1 fully saturated rings. The van der Waals surface area contributed by atoms with Crippen LogP contribution in [0.5, 0.6) is 5.75 Å². The van der Waals surface area contributed by atoms with E-state index in [2.05, 4.69) is 10.6 Å². The van der Waals surface area contributed by atoms with Crippen LogP contribution in [-0.2, 0) is 14.4 Å². The molecule has 2 aliphatic heterocycles. The van der Waals surface area contributed by atoms with Crippen molar-refractivity contribution >= 4 is 46.0 Å². The van der Waals surface area contributed by atoms with Gasteiger partial charge in [-0.1, -0.05) is 30.3 Å². The van der Waals surface area contributed by atoms with E-state index in [9.17, 15) is 24.0 Å². The van der Waals surface area contributed by atoms with Gasteiger partial charge >= 0.3 is 0 Å². The Bertz CT molecular complexity index is 1380. The first kappa shape index (κ1) is 21.3. The number of nitrogens with zero attached hydrogens (tertiary/aromatic N) is 1. The number of nitrogens with one attached hydrogen (secondary N) is 2. The van der Waals surface area contributed by atoms with Gasteiger partial charge in [-0.15, -0.1) is 0 Å². The van der Waals surface area contributed by atoms with Crippen LogP contribution in [0.3, 0.4) is 0 Å². The van der Waals surface area contributed by atoms with Gasteiger partial charge in [0, 0.05) is 12.1 Å². The van der Waals surface area contributed by atoms with Crippen LogP contribution in [0.15, 0.2) is 60.7 Å². The molecule has 5 rings (SSSR count). The molecular formula is C25H19N3O6. The molecule has 9 heteroatoms. The smallest absolute Gasteiger partial charge is 0.262 e. The second kappa shape index (κ2) is 8.43. The van der Waals surface area contributed by atoms with Crippen molar-refractivity contribution < 1.29 is 28.7 Å². The minimum Gasteiger partial charge on any atom is -0.484 e. The Balaban J connectivity index is 1.25. The number of carbonyl (C=O) groups excluding carboxylic acids is 5. The molecule has 34 heavy (non-hydrogen) atoms. The molecule has 1 saturated heterocycles. The highest BCUT2D eigenvalue weighted by atomic mass is 16.5. The molecule has 2 N–H and O–H groups in total. The van der Waals surface area contributed by atoms with Gasteiger partial charge < -0.3 is 10.1 Å². The zero-order chi connectivity index (χ0) is 23.8. The first-order chi connectivity index (χ1) is 16.4. The van der Waals surface area contributed by atoms with E-state index < -0.39 is 29.7 Å². The van der Waals surface area contributed by atoms with E-state index in [0.29, 0.717) is 5.69 Å². The highest BCUT2D eigenvalue weighted by Crippen LogP contribution is 2.30. The van der Waals surface area contributed by atoms with Gasteiger partial charge in [-0.25, -0.2) is 0 Å². The van der Waals surface area contributed by atoms with Crippen molar-refractivity contribution in [1.29, 1.82) is 0 Å². The molecular weight excluding hydrogens is 438 g/mol. The van der Waals surface area contributed by atoms with Gasteiger partial charge in [0.1, 0.15) is 11.8 Å². The molecule has 0 aliphatic carbocycles. The Morgan fingerprint density at radius 3 is 2.50 bits per heavy atom. The number of imide groups is 2. The van der Waals surface area contributed by atoms with Crippen LogP contribution in [0.25, 0.3) is 10.8 Å². The first-order valence-corrected chi connectivity index (χ1v) is 10.7. The van der Waals surface area contributed by atoms with E-state index in [1.807, 2.05) is 36.4 Å². The first-order valence-electron chi connectivity index (χ1n) is 10.7. The number of hydrogen-bond donors (Lipinski definition) is 2. The fraction of sp³-hybridized carbons (Fsp3) is 0.160. The Kier molecular flexibility index (Phi) is 5.29. The largest absolute Gasteiger partial charge is 0.484 e. The monoisotopic (exact) mass is 457 g/mol. The van der Waals surface area contributed by atoms with Gasteiger partial charge in [-0.05, 0) is 47.5 Å². The molecule has 1 unspecified atom stereocenters. The van der Waals surface area contributed by atoms with Crippen LogP contribution in [0.1, 0.15) is 33.6 Å². The molecule has 0 bridgehead atoms. The summed E-state index contributed by atoms with van der Waals surface area (Å²) in [4.78, 5) is 62.4. The van der Waals surface area contributed by atoms with Crippen LogP contribution in [0, 0.1) is 0 Å². The van der Waals surface area contributed by atoms with Crippen molar-refractivity contribution in [3.05, 3.63) is 71.8 Å². The number of hydrogen-bond acceptors (Lipinski definition) is 6. The molecule has 3 aromatic carbocycles. The van der Waals surface area contributed by atoms with Crippen molar-refractivity contribution in [2.24, 2.45) is 0 Å².